The second kappa shape index (κ2) is 10.3. The molecule has 1 aromatic heterocycles. The smallest absolute Gasteiger partial charge is 0.353 e. The summed E-state index contributed by atoms with van der Waals surface area (Å²) in [6, 6.07) is 4.59. The summed E-state index contributed by atoms with van der Waals surface area (Å²) in [7, 11) is 0. The first-order chi connectivity index (χ1) is 15.8. The summed E-state index contributed by atoms with van der Waals surface area (Å²) in [5, 5.41) is 12.2. The number of amides is 2. The molecule has 1 N–H and O–H groups in total. The first-order valence-electron chi connectivity index (χ1n) is 10.8. The van der Waals surface area contributed by atoms with Crippen LogP contribution >= 0.6 is 23.1 Å². The van der Waals surface area contributed by atoms with Gasteiger partial charge >= 0.3 is 6.18 Å². The number of benzene rings is 1. The molecule has 1 saturated carbocycles. The zero-order valence-corrected chi connectivity index (χ0v) is 19.4. The number of carbonyl (C=O) groups excluding carboxylic acids is 2. The zero-order valence-electron chi connectivity index (χ0n) is 17.8. The number of alkyl halides is 3. The van der Waals surface area contributed by atoms with Crippen LogP contribution in [-0.2, 0) is 11.0 Å². The summed E-state index contributed by atoms with van der Waals surface area (Å²) in [6.45, 7) is 1.97. The summed E-state index contributed by atoms with van der Waals surface area (Å²) in [4.78, 5) is 28.4. The van der Waals surface area contributed by atoms with Crippen molar-refractivity contribution >= 4 is 40.0 Å². The van der Waals surface area contributed by atoms with Gasteiger partial charge < -0.3 is 15.1 Å². The highest BCUT2D eigenvalue weighted by Gasteiger charge is 2.31. The molecule has 0 bridgehead atoms. The van der Waals surface area contributed by atoms with Crippen molar-refractivity contribution in [3.05, 3.63) is 35.4 Å². The monoisotopic (exact) mass is 499 g/mol. The van der Waals surface area contributed by atoms with Crippen molar-refractivity contribution in [2.45, 2.75) is 42.2 Å². The van der Waals surface area contributed by atoms with Crippen molar-refractivity contribution < 1.29 is 22.8 Å². The van der Waals surface area contributed by atoms with Gasteiger partial charge in [0, 0.05) is 37.8 Å². The lowest BCUT2D eigenvalue weighted by Gasteiger charge is -2.34. The maximum atomic E-state index is 12.7. The van der Waals surface area contributed by atoms with Crippen LogP contribution in [0.4, 0.5) is 18.3 Å². The summed E-state index contributed by atoms with van der Waals surface area (Å²) in [5.74, 6) is 0.0322. The molecule has 2 fully saturated rings. The van der Waals surface area contributed by atoms with Crippen molar-refractivity contribution in [2.75, 3.05) is 36.8 Å². The van der Waals surface area contributed by atoms with Crippen LogP contribution in [0.5, 0.6) is 0 Å². The molecular weight excluding hydrogens is 475 g/mol. The lowest BCUT2D eigenvalue weighted by molar-refractivity contribution is -0.137. The molecule has 1 aliphatic heterocycles. The third-order valence-corrected chi connectivity index (χ3v) is 7.86. The van der Waals surface area contributed by atoms with E-state index >= 15 is 0 Å². The normalized spacial score (nSPS) is 17.4. The van der Waals surface area contributed by atoms with E-state index in [-0.39, 0.29) is 17.4 Å². The third-order valence-electron chi connectivity index (χ3n) is 5.74. The maximum Gasteiger partial charge on any atom is 0.416 e. The molecule has 0 unspecified atom stereocenters. The average Bonchev–Trinajstić information content (AvgIpc) is 3.49. The highest BCUT2D eigenvalue weighted by Crippen LogP contribution is 2.30. The lowest BCUT2D eigenvalue weighted by atomic mass is 10.1. The Bertz CT molecular complexity index is 969. The second-order valence-corrected chi connectivity index (χ2v) is 10.2. The highest BCUT2D eigenvalue weighted by molar-refractivity contribution is 8.01. The Labute approximate surface area is 197 Å². The Morgan fingerprint density at radius 2 is 1.73 bits per heavy atom. The standard InChI is InChI=1S/C21H24F3N5O2S2/c22-21(23,24)15-7-5-14(6-8-15)18(31)28-9-11-29(12-10-28)19-26-27-20(33-19)32-13-17(30)25-16-3-1-2-4-16/h5-8,16H,1-4,9-13H2,(H,25,30). The molecule has 4 rings (SSSR count). The number of hydrogen-bond acceptors (Lipinski definition) is 7. The van der Waals surface area contributed by atoms with Gasteiger partial charge in [0.2, 0.25) is 11.0 Å². The second-order valence-electron chi connectivity index (χ2n) is 8.04. The Morgan fingerprint density at radius 1 is 1.06 bits per heavy atom. The third kappa shape index (κ3) is 6.17. The maximum absolute atomic E-state index is 12.7. The number of nitrogens with one attached hydrogen (secondary N) is 1. The molecule has 2 amide bonds. The number of carbonyl (C=O) groups is 2. The highest BCUT2D eigenvalue weighted by atomic mass is 32.2. The zero-order chi connectivity index (χ0) is 23.4. The van der Waals surface area contributed by atoms with Gasteiger partial charge in [-0.3, -0.25) is 9.59 Å². The fourth-order valence-corrected chi connectivity index (χ4v) is 5.64. The predicted octanol–water partition coefficient (Wildman–Crippen LogP) is 3.67. The Hall–Kier alpha value is -2.34. The molecular formula is C21H24F3N5O2S2. The molecule has 2 aliphatic rings. The molecule has 0 radical (unpaired) electrons. The molecule has 178 valence electrons. The number of thioether (sulfide) groups is 1. The van der Waals surface area contributed by atoms with Crippen molar-refractivity contribution in [3.8, 4) is 0 Å². The van der Waals surface area contributed by atoms with E-state index in [1.54, 1.807) is 4.90 Å². The van der Waals surface area contributed by atoms with E-state index in [1.807, 2.05) is 4.90 Å². The SMILES string of the molecule is O=C(CSc1nnc(N2CCN(C(=O)c3ccc(C(F)(F)F)cc3)CC2)s1)NC1CCCC1. The van der Waals surface area contributed by atoms with Crippen LogP contribution < -0.4 is 10.2 Å². The van der Waals surface area contributed by atoms with Crippen molar-refractivity contribution in [1.82, 2.24) is 20.4 Å². The van der Waals surface area contributed by atoms with Gasteiger partial charge in [0.05, 0.1) is 11.3 Å². The number of anilines is 1. The van der Waals surface area contributed by atoms with Crippen LogP contribution in [-0.4, -0.2) is 64.9 Å². The van der Waals surface area contributed by atoms with E-state index in [4.69, 9.17) is 0 Å². The molecule has 12 heteroatoms. The van der Waals surface area contributed by atoms with Crippen LogP contribution in [0.3, 0.4) is 0 Å². The van der Waals surface area contributed by atoms with E-state index in [1.165, 1.54) is 48.1 Å². The number of rotatable bonds is 6. The molecule has 1 aliphatic carbocycles. The molecule has 0 spiro atoms. The van der Waals surface area contributed by atoms with Crippen molar-refractivity contribution in [2.24, 2.45) is 0 Å². The van der Waals surface area contributed by atoms with Gasteiger partial charge in [0.1, 0.15) is 0 Å². The van der Waals surface area contributed by atoms with Gasteiger partial charge in [-0.05, 0) is 37.1 Å². The van der Waals surface area contributed by atoms with E-state index in [2.05, 4.69) is 15.5 Å². The summed E-state index contributed by atoms with van der Waals surface area (Å²) in [6.07, 6.45) is 0.00730. The van der Waals surface area contributed by atoms with E-state index in [0.717, 1.165) is 34.4 Å². The molecule has 0 atom stereocenters. The van der Waals surface area contributed by atoms with Gasteiger partial charge in [-0.15, -0.1) is 10.2 Å². The number of nitrogens with zero attached hydrogens (tertiary/aromatic N) is 4. The first kappa shape index (κ1) is 23.8. The van der Waals surface area contributed by atoms with Crippen LogP contribution in [0, 0.1) is 0 Å². The van der Waals surface area contributed by atoms with Crippen molar-refractivity contribution in [3.63, 3.8) is 0 Å². The van der Waals surface area contributed by atoms with Crippen LogP contribution in [0.15, 0.2) is 28.6 Å². The molecule has 7 nitrogen and oxygen atoms in total. The first-order valence-corrected chi connectivity index (χ1v) is 12.6. The van der Waals surface area contributed by atoms with Crippen LogP contribution in [0.1, 0.15) is 41.6 Å². The topological polar surface area (TPSA) is 78.4 Å². The molecule has 33 heavy (non-hydrogen) atoms. The lowest BCUT2D eigenvalue weighted by Crippen LogP contribution is -2.48. The predicted molar refractivity (Wildman–Crippen MR) is 121 cm³/mol. The van der Waals surface area contributed by atoms with Crippen LogP contribution in [0.25, 0.3) is 0 Å². The van der Waals surface area contributed by atoms with E-state index < -0.39 is 11.7 Å². The quantitative estimate of drug-likeness (QED) is 0.611. The van der Waals surface area contributed by atoms with Gasteiger partial charge in [0.15, 0.2) is 4.34 Å². The summed E-state index contributed by atoms with van der Waals surface area (Å²) in [5.41, 5.74) is -0.535. The minimum Gasteiger partial charge on any atom is -0.353 e. The largest absolute Gasteiger partial charge is 0.416 e. The van der Waals surface area contributed by atoms with Gasteiger partial charge in [-0.25, -0.2) is 0 Å². The van der Waals surface area contributed by atoms with E-state index in [9.17, 15) is 22.8 Å². The fraction of sp³-hybridized carbons (Fsp3) is 0.524. The molecule has 1 aromatic carbocycles. The van der Waals surface area contributed by atoms with Gasteiger partial charge in [-0.2, -0.15) is 13.2 Å². The van der Waals surface area contributed by atoms with Gasteiger partial charge in [0.25, 0.3) is 5.91 Å². The molecule has 2 heterocycles. The van der Waals surface area contributed by atoms with Crippen molar-refractivity contribution in [1.29, 1.82) is 0 Å². The number of hydrogen-bond donors (Lipinski definition) is 1. The minimum absolute atomic E-state index is 0.0130. The summed E-state index contributed by atoms with van der Waals surface area (Å²) >= 11 is 2.77. The van der Waals surface area contributed by atoms with Crippen LogP contribution in [0.2, 0.25) is 0 Å². The number of halogens is 3. The number of piperazine rings is 1. The fourth-order valence-electron chi connectivity index (χ4n) is 3.94. The number of aromatic nitrogens is 2. The Morgan fingerprint density at radius 3 is 2.36 bits per heavy atom. The Balaban J connectivity index is 1.24. The molecule has 2 aromatic rings. The Kier molecular flexibility index (Phi) is 7.42. The minimum atomic E-state index is -4.42. The summed E-state index contributed by atoms with van der Waals surface area (Å²) < 4.78 is 38.9. The van der Waals surface area contributed by atoms with E-state index in [0.29, 0.717) is 38.0 Å². The van der Waals surface area contributed by atoms with Gasteiger partial charge in [-0.1, -0.05) is 35.9 Å². The average molecular weight is 500 g/mol. The molecule has 1 saturated heterocycles.